The molecule has 2 aliphatic rings. The number of benzene rings is 8. The number of fused-ring (bicyclic) bond motifs is 9. The summed E-state index contributed by atoms with van der Waals surface area (Å²) in [6, 6.07) is 64.9. The minimum atomic E-state index is -0.521. The van der Waals surface area contributed by atoms with Crippen LogP contribution in [0, 0.1) is 0 Å². The molecule has 5 heteroatoms. The van der Waals surface area contributed by atoms with Gasteiger partial charge in [-0.15, -0.1) is 0 Å². The first-order valence-corrected chi connectivity index (χ1v) is 21.8. The second-order valence-corrected chi connectivity index (χ2v) is 18.8. The third-order valence-electron chi connectivity index (χ3n) is 14.3. The molecule has 0 N–H and O–H groups in total. The topological polar surface area (TPSA) is 28.3 Å². The van der Waals surface area contributed by atoms with Crippen molar-refractivity contribution < 1.29 is 9.31 Å². The zero-order valence-corrected chi connectivity index (χ0v) is 36.0. The third-order valence-corrected chi connectivity index (χ3v) is 14.3. The zero-order chi connectivity index (χ0) is 42.1. The minimum absolute atomic E-state index is 0.0546. The van der Waals surface area contributed by atoms with E-state index in [-0.39, 0.29) is 5.41 Å². The van der Waals surface area contributed by atoms with E-state index < -0.39 is 18.3 Å². The summed E-state index contributed by atoms with van der Waals surface area (Å²) in [7, 11) is -0.521. The van der Waals surface area contributed by atoms with Crippen LogP contribution in [0.5, 0.6) is 0 Å². The number of hydrogen-bond donors (Lipinski definition) is 0. The van der Waals surface area contributed by atoms with E-state index in [9.17, 15) is 0 Å². The number of hydrogen-bond acceptors (Lipinski definition) is 2. The van der Waals surface area contributed by atoms with E-state index in [1.54, 1.807) is 0 Å². The highest BCUT2D eigenvalue weighted by atomic mass is 16.7. The van der Waals surface area contributed by atoms with Gasteiger partial charge < -0.3 is 18.4 Å². The van der Waals surface area contributed by atoms with Gasteiger partial charge in [-0.25, -0.2) is 0 Å². The van der Waals surface area contributed by atoms with Crippen LogP contribution in [0.4, 0.5) is 0 Å². The van der Waals surface area contributed by atoms with Crippen molar-refractivity contribution in [3.05, 3.63) is 187 Å². The first-order chi connectivity index (χ1) is 30.0. The Balaban J connectivity index is 1.06. The Bertz CT molecular complexity index is 3450. The van der Waals surface area contributed by atoms with Gasteiger partial charge in [-0.2, -0.15) is 0 Å². The molecule has 4 nitrogen and oxygen atoms in total. The van der Waals surface area contributed by atoms with E-state index >= 15 is 0 Å². The summed E-state index contributed by atoms with van der Waals surface area (Å²) in [6.45, 7) is 13.2. The lowest BCUT2D eigenvalue weighted by molar-refractivity contribution is 0.00578. The van der Waals surface area contributed by atoms with E-state index in [0.29, 0.717) is 0 Å². The Kier molecular flexibility index (Phi) is 7.89. The minimum Gasteiger partial charge on any atom is -0.399 e. The van der Waals surface area contributed by atoms with Gasteiger partial charge in [0, 0.05) is 38.3 Å². The van der Waals surface area contributed by atoms with Crippen molar-refractivity contribution in [2.45, 2.75) is 58.2 Å². The summed E-state index contributed by atoms with van der Waals surface area (Å²) in [5.41, 5.74) is 16.9. The number of nitrogens with zero attached hydrogens (tertiary/aromatic N) is 2. The normalized spacial score (nSPS) is 16.1. The Labute approximate surface area is 363 Å². The number of para-hydroxylation sites is 3. The maximum absolute atomic E-state index is 6.75. The summed E-state index contributed by atoms with van der Waals surface area (Å²) in [4.78, 5) is 0. The van der Waals surface area contributed by atoms with Crippen molar-refractivity contribution in [2.24, 2.45) is 0 Å². The maximum Gasteiger partial charge on any atom is 0.494 e. The molecule has 0 unspecified atom stereocenters. The Hall–Kier alpha value is -6.66. The van der Waals surface area contributed by atoms with Gasteiger partial charge in [0.15, 0.2) is 0 Å². The van der Waals surface area contributed by atoms with E-state index in [1.165, 1.54) is 65.9 Å². The first-order valence-electron chi connectivity index (χ1n) is 21.8. The summed E-state index contributed by atoms with van der Waals surface area (Å²) in [6.07, 6.45) is 0. The molecule has 62 heavy (non-hydrogen) atoms. The molecule has 10 aromatic rings. The van der Waals surface area contributed by atoms with Crippen LogP contribution in [0.1, 0.15) is 52.7 Å². The SMILES string of the molecule is CC1(C)c2ccccc2-c2cc(-n3c4ccccc4c4ccc(-c5cc(B6OC(C)(C)C(C)(C)O6)cc(-c6ccc7c8ccccc8n(-c8ccccc8)c7c6)c5)cc43)ccc21. The van der Waals surface area contributed by atoms with Crippen molar-refractivity contribution in [1.29, 1.82) is 0 Å². The smallest absolute Gasteiger partial charge is 0.399 e. The molecule has 2 aromatic heterocycles. The third kappa shape index (κ3) is 5.41. The van der Waals surface area contributed by atoms with Crippen LogP contribution in [-0.2, 0) is 14.7 Å². The molecule has 0 amide bonds. The second kappa shape index (κ2) is 13.2. The fourth-order valence-electron chi connectivity index (χ4n) is 10.4. The van der Waals surface area contributed by atoms with Crippen molar-refractivity contribution in [3.8, 4) is 44.8 Å². The van der Waals surface area contributed by atoms with Crippen LogP contribution >= 0.6 is 0 Å². The van der Waals surface area contributed by atoms with Crippen LogP contribution in [-0.4, -0.2) is 27.5 Å². The molecule has 1 fully saturated rings. The molecule has 0 atom stereocenters. The van der Waals surface area contributed by atoms with E-state index in [1.807, 2.05) is 0 Å². The molecular formula is C57H47BN2O2. The van der Waals surface area contributed by atoms with Crippen LogP contribution in [0.25, 0.3) is 88.4 Å². The monoisotopic (exact) mass is 802 g/mol. The Morgan fingerprint density at radius 1 is 0.371 bits per heavy atom. The first kappa shape index (κ1) is 37.1. The quantitative estimate of drug-likeness (QED) is 0.162. The average Bonchev–Trinajstić information content (AvgIpc) is 3.94. The van der Waals surface area contributed by atoms with Crippen LogP contribution in [0.2, 0.25) is 0 Å². The molecule has 8 aromatic carbocycles. The van der Waals surface area contributed by atoms with E-state index in [2.05, 4.69) is 227 Å². The molecule has 12 rings (SSSR count). The summed E-state index contributed by atoms with van der Waals surface area (Å²) in [5, 5.41) is 4.94. The van der Waals surface area contributed by atoms with Crippen molar-refractivity contribution >= 4 is 56.2 Å². The molecule has 3 heterocycles. The van der Waals surface area contributed by atoms with Crippen molar-refractivity contribution in [3.63, 3.8) is 0 Å². The number of aromatic nitrogens is 2. The highest BCUT2D eigenvalue weighted by Crippen LogP contribution is 2.50. The molecular weight excluding hydrogens is 755 g/mol. The molecule has 0 saturated carbocycles. The highest BCUT2D eigenvalue weighted by Gasteiger charge is 2.52. The molecule has 0 bridgehead atoms. The predicted molar refractivity (Wildman–Crippen MR) is 259 cm³/mol. The molecule has 0 radical (unpaired) electrons. The van der Waals surface area contributed by atoms with E-state index in [0.717, 1.165) is 39.1 Å². The lowest BCUT2D eigenvalue weighted by atomic mass is 9.76. The van der Waals surface area contributed by atoms with Gasteiger partial charge in [0.1, 0.15) is 0 Å². The summed E-state index contributed by atoms with van der Waals surface area (Å²) in [5.74, 6) is 0. The summed E-state index contributed by atoms with van der Waals surface area (Å²) < 4.78 is 18.3. The molecule has 300 valence electrons. The lowest BCUT2D eigenvalue weighted by Crippen LogP contribution is -2.41. The molecule has 1 aliphatic heterocycles. The van der Waals surface area contributed by atoms with Crippen molar-refractivity contribution in [1.82, 2.24) is 9.13 Å². The van der Waals surface area contributed by atoms with Gasteiger partial charge in [-0.1, -0.05) is 135 Å². The number of rotatable bonds is 5. The highest BCUT2D eigenvalue weighted by molar-refractivity contribution is 6.62. The molecule has 1 saturated heterocycles. The molecule has 0 spiro atoms. The van der Waals surface area contributed by atoms with E-state index in [4.69, 9.17) is 9.31 Å². The largest absolute Gasteiger partial charge is 0.494 e. The van der Waals surface area contributed by atoms with Gasteiger partial charge in [0.25, 0.3) is 0 Å². The fourth-order valence-corrected chi connectivity index (χ4v) is 10.4. The lowest BCUT2D eigenvalue weighted by Gasteiger charge is -2.32. The van der Waals surface area contributed by atoms with Gasteiger partial charge in [0.2, 0.25) is 0 Å². The maximum atomic E-state index is 6.75. The van der Waals surface area contributed by atoms with Crippen molar-refractivity contribution in [2.75, 3.05) is 0 Å². The second-order valence-electron chi connectivity index (χ2n) is 18.8. The van der Waals surface area contributed by atoms with Crippen LogP contribution in [0.3, 0.4) is 0 Å². The van der Waals surface area contributed by atoms with Gasteiger partial charge in [0.05, 0.1) is 33.3 Å². The summed E-state index contributed by atoms with van der Waals surface area (Å²) >= 11 is 0. The fraction of sp³-hybridized carbons (Fsp3) is 0.158. The predicted octanol–water partition coefficient (Wildman–Crippen LogP) is 13.8. The van der Waals surface area contributed by atoms with Crippen LogP contribution < -0.4 is 5.46 Å². The Morgan fingerprint density at radius 3 is 1.48 bits per heavy atom. The zero-order valence-electron chi connectivity index (χ0n) is 36.0. The van der Waals surface area contributed by atoms with Crippen LogP contribution in [0.15, 0.2) is 176 Å². The van der Waals surface area contributed by atoms with Gasteiger partial charge in [-0.3, -0.25) is 0 Å². The average molecular weight is 803 g/mol. The standard InChI is InChI=1S/C57H47BN2O2/c1-55(2)49-21-13-10-18-43(49)48-35-42(26-29-50(48)55)60-52-23-15-12-20-45(52)47-28-25-37(34-54(47)60)39-30-38(31-40(32-39)58-61-56(3,4)57(5,6)62-58)36-24-27-46-44-19-11-14-22-51(44)59(53(46)33-36)41-16-8-7-9-17-41/h7-35H,1-6H3. The molecule has 1 aliphatic carbocycles. The van der Waals surface area contributed by atoms with Gasteiger partial charge in [-0.05, 0) is 132 Å². The van der Waals surface area contributed by atoms with Gasteiger partial charge >= 0.3 is 7.12 Å². The Morgan fingerprint density at radius 2 is 0.871 bits per heavy atom.